The van der Waals surface area contributed by atoms with Crippen molar-refractivity contribution in [1.29, 1.82) is 0 Å². The molecule has 2 aromatic rings. The molecule has 0 spiro atoms. The molecule has 0 aromatic heterocycles. The van der Waals surface area contributed by atoms with Gasteiger partial charge in [0, 0.05) is 18.0 Å². The van der Waals surface area contributed by atoms with Crippen LogP contribution in [-0.2, 0) is 4.79 Å². The molecular formula is C19H21FN2OS. The van der Waals surface area contributed by atoms with Gasteiger partial charge in [0.2, 0.25) is 5.91 Å². The van der Waals surface area contributed by atoms with Crippen molar-refractivity contribution in [1.82, 2.24) is 4.90 Å². The van der Waals surface area contributed by atoms with E-state index in [-0.39, 0.29) is 11.7 Å². The Balaban J connectivity index is 1.85. The zero-order valence-electron chi connectivity index (χ0n) is 13.4. The van der Waals surface area contributed by atoms with E-state index in [4.69, 9.17) is 5.73 Å². The summed E-state index contributed by atoms with van der Waals surface area (Å²) in [7, 11) is 0. The lowest BCUT2D eigenvalue weighted by Crippen LogP contribution is -2.33. The van der Waals surface area contributed by atoms with Crippen molar-refractivity contribution in [2.75, 3.05) is 19.6 Å². The molecule has 2 N–H and O–H groups in total. The highest BCUT2D eigenvalue weighted by Gasteiger charge is 2.32. The zero-order chi connectivity index (χ0) is 16.9. The maximum absolute atomic E-state index is 14.1. The van der Waals surface area contributed by atoms with Gasteiger partial charge in [0.1, 0.15) is 11.1 Å². The van der Waals surface area contributed by atoms with Crippen molar-refractivity contribution in [3.63, 3.8) is 0 Å². The third-order valence-corrected chi connectivity index (χ3v) is 5.63. The van der Waals surface area contributed by atoms with E-state index >= 15 is 0 Å². The van der Waals surface area contributed by atoms with Crippen LogP contribution >= 0.6 is 11.8 Å². The van der Waals surface area contributed by atoms with Gasteiger partial charge in [-0.05, 0) is 36.6 Å². The molecule has 3 nitrogen and oxygen atoms in total. The van der Waals surface area contributed by atoms with E-state index in [1.165, 1.54) is 17.8 Å². The minimum absolute atomic E-state index is 0.0328. The van der Waals surface area contributed by atoms with Gasteiger partial charge in [0.15, 0.2) is 0 Å². The molecule has 24 heavy (non-hydrogen) atoms. The topological polar surface area (TPSA) is 46.3 Å². The Hall–Kier alpha value is -1.85. The Morgan fingerprint density at radius 1 is 1.21 bits per heavy atom. The molecule has 2 aromatic carbocycles. The molecule has 2 atom stereocenters. The smallest absolute Gasteiger partial charge is 0.240 e. The molecule has 1 amide bonds. The molecule has 2 unspecified atom stereocenters. The number of rotatable bonds is 5. The summed E-state index contributed by atoms with van der Waals surface area (Å²) in [6, 6.07) is 16.2. The van der Waals surface area contributed by atoms with Gasteiger partial charge < -0.3 is 10.6 Å². The van der Waals surface area contributed by atoms with Gasteiger partial charge in [-0.15, -0.1) is 11.8 Å². The Morgan fingerprint density at radius 2 is 1.92 bits per heavy atom. The molecule has 0 bridgehead atoms. The highest BCUT2D eigenvalue weighted by molar-refractivity contribution is 8.00. The van der Waals surface area contributed by atoms with Crippen LogP contribution in [0.1, 0.15) is 17.2 Å². The monoisotopic (exact) mass is 344 g/mol. The summed E-state index contributed by atoms with van der Waals surface area (Å²) in [6.45, 7) is 2.01. The van der Waals surface area contributed by atoms with Crippen LogP contribution in [0.4, 0.5) is 4.39 Å². The van der Waals surface area contributed by atoms with Crippen molar-refractivity contribution in [3.8, 4) is 0 Å². The minimum atomic E-state index is -0.445. The molecule has 1 aliphatic heterocycles. The van der Waals surface area contributed by atoms with Gasteiger partial charge in [-0.25, -0.2) is 4.39 Å². The second-order valence-corrected chi connectivity index (χ2v) is 7.16. The highest BCUT2D eigenvalue weighted by Crippen LogP contribution is 2.38. The number of hydrogen-bond donors (Lipinski definition) is 1. The molecule has 0 radical (unpaired) electrons. The predicted molar refractivity (Wildman–Crippen MR) is 95.2 cm³/mol. The average molecular weight is 344 g/mol. The summed E-state index contributed by atoms with van der Waals surface area (Å²) in [4.78, 5) is 15.4. The van der Waals surface area contributed by atoms with E-state index in [0.717, 1.165) is 18.5 Å². The molecular weight excluding hydrogens is 323 g/mol. The van der Waals surface area contributed by atoms with Crippen molar-refractivity contribution >= 4 is 17.7 Å². The summed E-state index contributed by atoms with van der Waals surface area (Å²) < 4.78 is 14.1. The average Bonchev–Trinajstić information content (AvgIpc) is 3.10. The molecule has 1 saturated heterocycles. The molecule has 1 aliphatic rings. The summed E-state index contributed by atoms with van der Waals surface area (Å²) in [5.41, 5.74) is 6.63. The summed E-state index contributed by atoms with van der Waals surface area (Å²) in [5.74, 6) is 0.103. The van der Waals surface area contributed by atoms with Crippen molar-refractivity contribution in [2.24, 2.45) is 11.7 Å². The summed E-state index contributed by atoms with van der Waals surface area (Å²) in [6.07, 6.45) is 0.939. The first-order valence-corrected chi connectivity index (χ1v) is 9.02. The zero-order valence-corrected chi connectivity index (χ0v) is 14.2. The van der Waals surface area contributed by atoms with Gasteiger partial charge in [0.25, 0.3) is 0 Å². The molecule has 0 saturated carbocycles. The number of carbonyl (C=O) groups excluding carboxylic acids is 1. The molecule has 0 aliphatic carbocycles. The second kappa shape index (κ2) is 7.81. The Bertz CT molecular complexity index is 695. The molecule has 1 heterocycles. The van der Waals surface area contributed by atoms with Crippen LogP contribution in [0.25, 0.3) is 0 Å². The lowest BCUT2D eigenvalue weighted by Gasteiger charge is -2.24. The number of nitrogens with zero attached hydrogens (tertiary/aromatic N) is 1. The molecule has 3 rings (SSSR count). The number of thioether (sulfide) groups is 1. The fraction of sp³-hybridized carbons (Fsp3) is 0.316. The SMILES string of the molecule is NCC1CCN(C(=O)C(Sc2ccccc2F)c2ccccc2)C1. The highest BCUT2D eigenvalue weighted by atomic mass is 32.2. The van der Waals surface area contributed by atoms with Gasteiger partial charge in [-0.1, -0.05) is 42.5 Å². The number of likely N-dealkylation sites (tertiary alicyclic amines) is 1. The van der Waals surface area contributed by atoms with Crippen LogP contribution in [0.2, 0.25) is 0 Å². The predicted octanol–water partition coefficient (Wildman–Crippen LogP) is 3.47. The Kier molecular flexibility index (Phi) is 5.53. The molecule has 1 fully saturated rings. The Morgan fingerprint density at radius 3 is 2.58 bits per heavy atom. The number of halogens is 1. The van der Waals surface area contributed by atoms with E-state index < -0.39 is 5.25 Å². The molecule has 5 heteroatoms. The van der Waals surface area contributed by atoms with E-state index in [1.807, 2.05) is 35.2 Å². The van der Waals surface area contributed by atoms with E-state index in [1.54, 1.807) is 18.2 Å². The first-order chi connectivity index (χ1) is 11.7. The third-order valence-electron chi connectivity index (χ3n) is 4.34. The minimum Gasteiger partial charge on any atom is -0.341 e. The van der Waals surface area contributed by atoms with E-state index in [9.17, 15) is 9.18 Å². The van der Waals surface area contributed by atoms with Crippen molar-refractivity contribution in [2.45, 2.75) is 16.6 Å². The fourth-order valence-corrected chi connectivity index (χ4v) is 4.08. The quantitative estimate of drug-likeness (QED) is 0.845. The normalized spacial score (nSPS) is 18.6. The van der Waals surface area contributed by atoms with Crippen LogP contribution in [0, 0.1) is 11.7 Å². The van der Waals surface area contributed by atoms with Crippen LogP contribution in [0.5, 0.6) is 0 Å². The van der Waals surface area contributed by atoms with E-state index in [2.05, 4.69) is 0 Å². The molecule has 126 valence electrons. The maximum atomic E-state index is 14.1. The number of carbonyl (C=O) groups is 1. The van der Waals surface area contributed by atoms with Crippen molar-refractivity contribution < 1.29 is 9.18 Å². The lowest BCUT2D eigenvalue weighted by molar-refractivity contribution is -0.129. The number of hydrogen-bond acceptors (Lipinski definition) is 3. The first kappa shape index (κ1) is 17.0. The lowest BCUT2D eigenvalue weighted by atomic mass is 10.1. The van der Waals surface area contributed by atoms with E-state index in [0.29, 0.717) is 23.9 Å². The van der Waals surface area contributed by atoms with Gasteiger partial charge in [0.05, 0.1) is 0 Å². The van der Waals surface area contributed by atoms with Gasteiger partial charge in [-0.2, -0.15) is 0 Å². The Labute approximate surface area is 146 Å². The largest absolute Gasteiger partial charge is 0.341 e. The van der Waals surface area contributed by atoms with Crippen molar-refractivity contribution in [3.05, 3.63) is 66.0 Å². The number of amides is 1. The summed E-state index contributed by atoms with van der Waals surface area (Å²) >= 11 is 1.27. The summed E-state index contributed by atoms with van der Waals surface area (Å²) in [5, 5.41) is -0.445. The maximum Gasteiger partial charge on any atom is 0.240 e. The van der Waals surface area contributed by atoms with Crippen LogP contribution in [0.15, 0.2) is 59.5 Å². The van der Waals surface area contributed by atoms with Crippen LogP contribution < -0.4 is 5.73 Å². The van der Waals surface area contributed by atoms with Crippen LogP contribution in [0.3, 0.4) is 0 Å². The van der Waals surface area contributed by atoms with Crippen LogP contribution in [-0.4, -0.2) is 30.4 Å². The number of nitrogens with two attached hydrogens (primary N) is 1. The standard InChI is InChI=1S/C19H21FN2OS/c20-16-8-4-5-9-17(16)24-18(15-6-2-1-3-7-15)19(23)22-11-10-14(12-21)13-22/h1-9,14,18H,10-13,21H2. The number of benzene rings is 2. The van der Waals surface area contributed by atoms with Gasteiger partial charge >= 0.3 is 0 Å². The second-order valence-electron chi connectivity index (χ2n) is 6.01. The third kappa shape index (κ3) is 3.79. The van der Waals surface area contributed by atoms with Gasteiger partial charge in [-0.3, -0.25) is 4.79 Å². The fourth-order valence-electron chi connectivity index (χ4n) is 2.95. The first-order valence-electron chi connectivity index (χ1n) is 8.14.